The molecule has 84 valence electrons. The van der Waals surface area contributed by atoms with Gasteiger partial charge in [-0.2, -0.15) is 0 Å². The van der Waals surface area contributed by atoms with E-state index in [1.807, 2.05) is 19.3 Å². The molecule has 1 rings (SSSR count). The highest BCUT2D eigenvalue weighted by Gasteiger charge is 2.12. The van der Waals surface area contributed by atoms with E-state index in [4.69, 9.17) is 0 Å². The minimum absolute atomic E-state index is 0.162. The number of aromatic nitrogens is 1. The van der Waals surface area contributed by atoms with Crippen LogP contribution in [0.5, 0.6) is 0 Å². The summed E-state index contributed by atoms with van der Waals surface area (Å²) in [6.45, 7) is 6.34. The molecular formula is C12H21N3. The normalized spacial score (nSPS) is 11.7. The van der Waals surface area contributed by atoms with Crippen LogP contribution >= 0.6 is 0 Å². The fraction of sp³-hybridized carbons (Fsp3) is 0.583. The minimum Gasteiger partial charge on any atom is -0.315 e. The van der Waals surface area contributed by atoms with E-state index in [0.717, 1.165) is 19.5 Å². The van der Waals surface area contributed by atoms with E-state index in [0.29, 0.717) is 0 Å². The molecule has 15 heavy (non-hydrogen) atoms. The van der Waals surface area contributed by atoms with Crippen LogP contribution in [0.25, 0.3) is 0 Å². The Morgan fingerprint density at radius 1 is 1.40 bits per heavy atom. The fourth-order valence-corrected chi connectivity index (χ4v) is 1.27. The van der Waals surface area contributed by atoms with E-state index in [-0.39, 0.29) is 5.54 Å². The number of pyridine rings is 1. The van der Waals surface area contributed by atoms with Gasteiger partial charge >= 0.3 is 0 Å². The third-order valence-electron chi connectivity index (χ3n) is 2.56. The van der Waals surface area contributed by atoms with E-state index >= 15 is 0 Å². The van der Waals surface area contributed by atoms with Crippen molar-refractivity contribution >= 4 is 0 Å². The Morgan fingerprint density at radius 2 is 2.20 bits per heavy atom. The smallest absolute Gasteiger partial charge is 0.0300 e. The van der Waals surface area contributed by atoms with Gasteiger partial charge in [-0.15, -0.1) is 0 Å². The molecule has 0 aromatic carbocycles. The van der Waals surface area contributed by atoms with Crippen LogP contribution in [0.1, 0.15) is 19.4 Å². The van der Waals surface area contributed by atoms with Gasteiger partial charge in [0.25, 0.3) is 0 Å². The van der Waals surface area contributed by atoms with Crippen LogP contribution in [0.3, 0.4) is 0 Å². The topological polar surface area (TPSA) is 37.0 Å². The predicted octanol–water partition coefficient (Wildman–Crippen LogP) is 1.21. The van der Waals surface area contributed by atoms with Crippen molar-refractivity contribution < 1.29 is 0 Å². The van der Waals surface area contributed by atoms with Gasteiger partial charge in [0.1, 0.15) is 0 Å². The summed E-state index contributed by atoms with van der Waals surface area (Å²) < 4.78 is 0. The van der Waals surface area contributed by atoms with Crippen LogP contribution in [0, 0.1) is 0 Å². The lowest BCUT2D eigenvalue weighted by Gasteiger charge is -2.24. The lowest BCUT2D eigenvalue weighted by Crippen LogP contribution is -2.46. The summed E-state index contributed by atoms with van der Waals surface area (Å²) in [4.78, 5) is 4.09. The van der Waals surface area contributed by atoms with Crippen molar-refractivity contribution in [2.24, 2.45) is 0 Å². The summed E-state index contributed by atoms with van der Waals surface area (Å²) in [7, 11) is 1.99. The monoisotopic (exact) mass is 207 g/mol. The second-order valence-electron chi connectivity index (χ2n) is 4.42. The average molecular weight is 207 g/mol. The van der Waals surface area contributed by atoms with Crippen LogP contribution in [0.2, 0.25) is 0 Å². The predicted molar refractivity (Wildman–Crippen MR) is 63.9 cm³/mol. The molecule has 3 heteroatoms. The van der Waals surface area contributed by atoms with Gasteiger partial charge < -0.3 is 10.6 Å². The first kappa shape index (κ1) is 12.1. The lowest BCUT2D eigenvalue weighted by molar-refractivity contribution is 0.395. The Bertz CT molecular complexity index is 269. The maximum atomic E-state index is 4.09. The van der Waals surface area contributed by atoms with Crippen molar-refractivity contribution in [1.29, 1.82) is 0 Å². The van der Waals surface area contributed by atoms with Crippen molar-refractivity contribution in [2.45, 2.75) is 25.8 Å². The van der Waals surface area contributed by atoms with Gasteiger partial charge in [-0.1, -0.05) is 6.07 Å². The van der Waals surface area contributed by atoms with E-state index in [9.17, 15) is 0 Å². The van der Waals surface area contributed by atoms with E-state index < -0.39 is 0 Å². The Morgan fingerprint density at radius 3 is 2.80 bits per heavy atom. The number of hydrogen-bond donors (Lipinski definition) is 2. The molecule has 1 heterocycles. The Labute approximate surface area is 92.3 Å². The molecule has 0 aliphatic rings. The Kier molecular flexibility index (Phi) is 4.72. The Balaban J connectivity index is 2.18. The van der Waals surface area contributed by atoms with Gasteiger partial charge in [0, 0.05) is 24.5 Å². The SMILES string of the molecule is CNC(C)(C)CNCCc1cccnc1. The van der Waals surface area contributed by atoms with E-state index in [1.54, 1.807) is 6.20 Å². The molecule has 0 unspecified atom stereocenters. The van der Waals surface area contributed by atoms with Crippen LogP contribution in [-0.2, 0) is 6.42 Å². The summed E-state index contributed by atoms with van der Waals surface area (Å²) in [6, 6.07) is 4.09. The molecule has 1 aromatic heterocycles. The molecule has 0 spiro atoms. The third-order valence-corrected chi connectivity index (χ3v) is 2.56. The molecule has 0 fully saturated rings. The van der Waals surface area contributed by atoms with Gasteiger partial charge in [0.2, 0.25) is 0 Å². The molecule has 0 aliphatic heterocycles. The summed E-state index contributed by atoms with van der Waals surface area (Å²) in [5.41, 5.74) is 1.45. The number of hydrogen-bond acceptors (Lipinski definition) is 3. The number of nitrogens with zero attached hydrogens (tertiary/aromatic N) is 1. The number of likely N-dealkylation sites (N-methyl/N-ethyl adjacent to an activating group) is 1. The lowest BCUT2D eigenvalue weighted by atomic mass is 10.1. The summed E-state index contributed by atoms with van der Waals surface area (Å²) in [6.07, 6.45) is 4.76. The van der Waals surface area contributed by atoms with Crippen LogP contribution < -0.4 is 10.6 Å². The highest BCUT2D eigenvalue weighted by molar-refractivity contribution is 5.08. The largest absolute Gasteiger partial charge is 0.315 e. The minimum atomic E-state index is 0.162. The van der Waals surface area contributed by atoms with Gasteiger partial charge in [0.15, 0.2) is 0 Å². The molecule has 0 saturated heterocycles. The zero-order valence-corrected chi connectivity index (χ0v) is 9.88. The molecule has 0 aliphatic carbocycles. The van der Waals surface area contributed by atoms with Gasteiger partial charge in [-0.25, -0.2) is 0 Å². The van der Waals surface area contributed by atoms with Crippen LogP contribution in [0.4, 0.5) is 0 Å². The highest BCUT2D eigenvalue weighted by atomic mass is 15.0. The van der Waals surface area contributed by atoms with Crippen LogP contribution in [-0.4, -0.2) is 30.7 Å². The fourth-order valence-electron chi connectivity index (χ4n) is 1.27. The third kappa shape index (κ3) is 4.91. The second kappa shape index (κ2) is 5.83. The van der Waals surface area contributed by atoms with Crippen LogP contribution in [0.15, 0.2) is 24.5 Å². The van der Waals surface area contributed by atoms with Gasteiger partial charge in [-0.05, 0) is 45.5 Å². The molecule has 0 amide bonds. The first-order chi connectivity index (χ1) is 7.14. The van der Waals surface area contributed by atoms with Crippen molar-refractivity contribution in [3.05, 3.63) is 30.1 Å². The van der Waals surface area contributed by atoms with Crippen molar-refractivity contribution in [3.8, 4) is 0 Å². The summed E-state index contributed by atoms with van der Waals surface area (Å²) in [5.74, 6) is 0. The maximum Gasteiger partial charge on any atom is 0.0300 e. The maximum absolute atomic E-state index is 4.09. The van der Waals surface area contributed by atoms with Crippen molar-refractivity contribution in [1.82, 2.24) is 15.6 Å². The highest BCUT2D eigenvalue weighted by Crippen LogP contribution is 1.99. The first-order valence-corrected chi connectivity index (χ1v) is 5.42. The summed E-state index contributed by atoms with van der Waals surface area (Å²) >= 11 is 0. The molecule has 0 bridgehead atoms. The van der Waals surface area contributed by atoms with Gasteiger partial charge in [0.05, 0.1) is 0 Å². The zero-order chi connectivity index (χ0) is 11.1. The average Bonchev–Trinajstić information content (AvgIpc) is 2.26. The molecule has 3 nitrogen and oxygen atoms in total. The standard InChI is InChI=1S/C12H21N3/c1-12(2,13-3)10-15-8-6-11-5-4-7-14-9-11/h4-5,7,9,13,15H,6,8,10H2,1-3H3. The second-order valence-corrected chi connectivity index (χ2v) is 4.42. The van der Waals surface area contributed by atoms with Crippen molar-refractivity contribution in [2.75, 3.05) is 20.1 Å². The zero-order valence-electron chi connectivity index (χ0n) is 9.88. The molecule has 2 N–H and O–H groups in total. The van der Waals surface area contributed by atoms with E-state index in [2.05, 4.69) is 35.5 Å². The molecule has 0 radical (unpaired) electrons. The molecule has 1 aromatic rings. The first-order valence-electron chi connectivity index (χ1n) is 5.42. The number of rotatable bonds is 6. The molecular weight excluding hydrogens is 186 g/mol. The summed E-state index contributed by atoms with van der Waals surface area (Å²) in [5, 5.41) is 6.70. The van der Waals surface area contributed by atoms with Crippen molar-refractivity contribution in [3.63, 3.8) is 0 Å². The molecule has 0 atom stereocenters. The van der Waals surface area contributed by atoms with E-state index in [1.165, 1.54) is 5.56 Å². The quantitative estimate of drug-likeness (QED) is 0.689. The number of nitrogens with one attached hydrogen (secondary N) is 2. The van der Waals surface area contributed by atoms with Gasteiger partial charge in [-0.3, -0.25) is 4.98 Å². The Hall–Kier alpha value is -0.930. The molecule has 0 saturated carbocycles.